The molecule has 2 N–H and O–H groups in total. The fourth-order valence-electron chi connectivity index (χ4n) is 1.23. The number of thioether (sulfide) groups is 1. The standard InChI is InChI=1S/C11H14N2O2S.ClHO4/c1-6-5-7(2)13-11(12-6)16-10(8(3)14)9(4)15;2-1(3,4)5/h5,14H,1-4H3;(H,2,3,4,5). The van der Waals surface area contributed by atoms with Crippen LogP contribution in [0.4, 0.5) is 0 Å². The summed E-state index contributed by atoms with van der Waals surface area (Å²) in [6.45, 7) is 6.61. The number of carbonyl (C=O) groups excluding carboxylic acids is 1. The normalized spacial score (nSPS) is 12.2. The Balaban J connectivity index is 0.000000690. The molecule has 0 bridgehead atoms. The first-order valence-electron chi connectivity index (χ1n) is 5.44. The van der Waals surface area contributed by atoms with Crippen LogP contribution < -0.4 is 14.0 Å². The van der Waals surface area contributed by atoms with E-state index in [0.29, 0.717) is 5.16 Å². The van der Waals surface area contributed by atoms with Gasteiger partial charge in [-0.3, -0.25) is 4.79 Å². The second-order valence-electron chi connectivity index (χ2n) is 3.90. The third kappa shape index (κ3) is 10.2. The Labute approximate surface area is 127 Å². The Morgan fingerprint density at radius 2 is 1.57 bits per heavy atom. The Hall–Kier alpha value is -1.23. The van der Waals surface area contributed by atoms with Gasteiger partial charge in [-0.25, -0.2) is 9.97 Å². The van der Waals surface area contributed by atoms with Crippen molar-refractivity contribution in [1.29, 1.82) is 0 Å². The van der Waals surface area contributed by atoms with Crippen LogP contribution in [0.3, 0.4) is 0 Å². The number of nitrogens with zero attached hydrogens (tertiary/aromatic N) is 2. The summed E-state index contributed by atoms with van der Waals surface area (Å²) in [6.07, 6.45) is 0. The summed E-state index contributed by atoms with van der Waals surface area (Å²) in [7, 11) is -4.69. The topological polar surface area (TPSA) is 152 Å². The van der Waals surface area contributed by atoms with Gasteiger partial charge in [0.05, 0.1) is 19.8 Å². The average molecular weight is 339 g/mol. The molecule has 0 aliphatic rings. The molecule has 0 radical (unpaired) electrons. The van der Waals surface area contributed by atoms with Gasteiger partial charge in [0.2, 0.25) is 0 Å². The lowest BCUT2D eigenvalue weighted by atomic mass is 10.4. The summed E-state index contributed by atoms with van der Waals surface area (Å²) < 4.78 is 32.7. The van der Waals surface area contributed by atoms with Crippen molar-refractivity contribution in [2.45, 2.75) is 32.9 Å². The van der Waals surface area contributed by atoms with Crippen molar-refractivity contribution < 1.29 is 38.8 Å². The van der Waals surface area contributed by atoms with Crippen LogP contribution in [0.1, 0.15) is 25.2 Å². The van der Waals surface area contributed by atoms with Crippen molar-refractivity contribution in [3.63, 3.8) is 0 Å². The van der Waals surface area contributed by atoms with E-state index in [1.54, 1.807) is 0 Å². The number of carbonyl (C=O) groups is 1. The monoisotopic (exact) mass is 338 g/mol. The van der Waals surface area contributed by atoms with Gasteiger partial charge in [0, 0.05) is 11.4 Å². The van der Waals surface area contributed by atoms with E-state index >= 15 is 0 Å². The van der Waals surface area contributed by atoms with E-state index in [0.717, 1.165) is 23.1 Å². The number of aryl methyl sites for hydroxylation is 2. The minimum Gasteiger partial charge on any atom is -0.511 e. The molecule has 0 spiro atoms. The van der Waals surface area contributed by atoms with Crippen LogP contribution in [-0.4, -0.2) is 25.5 Å². The van der Waals surface area contributed by atoms with Gasteiger partial charge in [0.25, 0.3) is 0 Å². The maximum Gasteiger partial charge on any atom is 0.193 e. The van der Waals surface area contributed by atoms with Gasteiger partial charge in [0.1, 0.15) is 5.76 Å². The zero-order chi connectivity index (χ0) is 16.8. The van der Waals surface area contributed by atoms with Crippen molar-refractivity contribution in [2.24, 2.45) is 0 Å². The molecule has 0 amide bonds. The third-order valence-corrected chi connectivity index (χ3v) is 2.96. The number of ketones is 1. The van der Waals surface area contributed by atoms with Crippen molar-refractivity contribution in [3.8, 4) is 0 Å². The van der Waals surface area contributed by atoms with E-state index in [2.05, 4.69) is 9.97 Å². The molecule has 0 fully saturated rings. The first-order chi connectivity index (χ1) is 9.40. The van der Waals surface area contributed by atoms with E-state index < -0.39 is 10.2 Å². The van der Waals surface area contributed by atoms with E-state index in [9.17, 15) is 9.90 Å². The van der Waals surface area contributed by atoms with Crippen LogP contribution >= 0.6 is 11.8 Å². The van der Waals surface area contributed by atoms with Gasteiger partial charge in [-0.2, -0.15) is 14.0 Å². The largest absolute Gasteiger partial charge is 0.511 e. The molecule has 0 unspecified atom stereocenters. The summed E-state index contributed by atoms with van der Waals surface area (Å²) >= 11 is 1.09. The van der Waals surface area contributed by atoms with E-state index in [1.165, 1.54) is 13.8 Å². The molecule has 8 nitrogen and oxygen atoms in total. The van der Waals surface area contributed by atoms with Gasteiger partial charge in [0.15, 0.2) is 10.9 Å². The number of rotatable bonds is 3. The molecule has 10 heteroatoms. The summed E-state index contributed by atoms with van der Waals surface area (Å²) in [5, 5.41) is 9.85. The lowest BCUT2D eigenvalue weighted by molar-refractivity contribution is -1.92. The molecule has 1 aromatic rings. The number of aromatic nitrogens is 2. The lowest BCUT2D eigenvalue weighted by Crippen LogP contribution is -2.58. The third-order valence-electron chi connectivity index (χ3n) is 1.80. The molecule has 0 aliphatic carbocycles. The summed E-state index contributed by atoms with van der Waals surface area (Å²) in [5.41, 5.74) is 1.68. The smallest absolute Gasteiger partial charge is 0.193 e. The van der Waals surface area contributed by atoms with E-state index in [1.807, 2.05) is 19.9 Å². The van der Waals surface area contributed by atoms with Crippen LogP contribution in [0.5, 0.6) is 0 Å². The summed E-state index contributed by atoms with van der Waals surface area (Å²) in [4.78, 5) is 19.9. The number of hydrogen-bond acceptors (Lipinski definition) is 9. The predicted molar refractivity (Wildman–Crippen MR) is 65.6 cm³/mol. The second kappa shape index (κ2) is 8.27. The van der Waals surface area contributed by atoms with Gasteiger partial charge < -0.3 is 5.11 Å². The average Bonchev–Trinajstić information content (AvgIpc) is 2.21. The first kappa shape index (κ1) is 19.8. The zero-order valence-corrected chi connectivity index (χ0v) is 13.4. The molecule has 0 atom stereocenters. The lowest BCUT2D eigenvalue weighted by Gasteiger charge is -2.05. The first-order valence-corrected chi connectivity index (χ1v) is 7.52. The highest BCUT2D eigenvalue weighted by molar-refractivity contribution is 8.03. The summed E-state index contributed by atoms with van der Waals surface area (Å²) in [6, 6.07) is 1.85. The zero-order valence-electron chi connectivity index (χ0n) is 11.8. The van der Waals surface area contributed by atoms with Gasteiger partial charge in [-0.1, -0.05) is 0 Å². The fraction of sp³-hybridized carbons (Fsp3) is 0.364. The highest BCUT2D eigenvalue weighted by atomic mass is 35.7. The Morgan fingerprint density at radius 1 is 1.19 bits per heavy atom. The molecule has 118 valence electrons. The SMILES string of the molecule is CC(=O)C(Sc1nc(C)cc(C)n1)=C(C)O.[O-][Cl+3]([O-])([O-])O. The van der Waals surface area contributed by atoms with Crippen molar-refractivity contribution in [1.82, 2.24) is 9.97 Å². The number of hydrogen-bond donors (Lipinski definition) is 2. The number of halogens is 1. The van der Waals surface area contributed by atoms with Crippen LogP contribution in [0.2, 0.25) is 0 Å². The summed E-state index contributed by atoms with van der Waals surface area (Å²) in [5.74, 6) is -0.187. The molecular formula is C11H15ClN2O6S. The highest BCUT2D eigenvalue weighted by Crippen LogP contribution is 2.26. The van der Waals surface area contributed by atoms with Crippen molar-refractivity contribution >= 4 is 17.5 Å². The van der Waals surface area contributed by atoms with Gasteiger partial charge in [-0.15, -0.1) is 0 Å². The molecule has 1 aromatic heterocycles. The maximum absolute atomic E-state index is 11.3. The number of aliphatic hydroxyl groups excluding tert-OH is 1. The van der Waals surface area contributed by atoms with Crippen LogP contribution in [0, 0.1) is 24.1 Å². The quantitative estimate of drug-likeness (QED) is 0.288. The maximum atomic E-state index is 11.3. The molecule has 0 saturated heterocycles. The molecule has 0 aliphatic heterocycles. The Bertz CT molecular complexity index is 514. The van der Waals surface area contributed by atoms with Crippen LogP contribution in [0.15, 0.2) is 21.9 Å². The molecule has 1 heterocycles. The Morgan fingerprint density at radius 3 is 1.86 bits per heavy atom. The highest BCUT2D eigenvalue weighted by Gasteiger charge is 2.12. The minimum absolute atomic E-state index is 0.000240. The van der Waals surface area contributed by atoms with Crippen LogP contribution in [0.25, 0.3) is 0 Å². The van der Waals surface area contributed by atoms with Gasteiger partial charge in [-0.05, 0) is 45.5 Å². The molecule has 0 saturated carbocycles. The predicted octanol–water partition coefficient (Wildman–Crippen LogP) is -1.56. The van der Waals surface area contributed by atoms with Gasteiger partial charge >= 0.3 is 0 Å². The second-order valence-corrected chi connectivity index (χ2v) is 5.67. The number of aliphatic hydroxyl groups is 1. The number of Topliss-reactive ketones (excluding diaryl/α,β-unsaturated/α-hetero) is 1. The van der Waals surface area contributed by atoms with Crippen molar-refractivity contribution in [2.75, 3.05) is 0 Å². The fourth-order valence-corrected chi connectivity index (χ4v) is 2.08. The number of allylic oxidation sites excluding steroid dienone is 2. The van der Waals surface area contributed by atoms with Crippen molar-refractivity contribution in [3.05, 3.63) is 28.1 Å². The van der Waals surface area contributed by atoms with Crippen LogP contribution in [-0.2, 0) is 4.79 Å². The molecule has 1 rings (SSSR count). The molecule has 21 heavy (non-hydrogen) atoms. The minimum atomic E-state index is -4.69. The van der Waals surface area contributed by atoms with E-state index in [-0.39, 0.29) is 16.4 Å². The molecular weight excluding hydrogens is 324 g/mol. The Kier molecular flexibility index (Phi) is 7.79. The van der Waals surface area contributed by atoms with E-state index in [4.69, 9.17) is 18.6 Å². The molecule has 0 aromatic carbocycles.